The summed E-state index contributed by atoms with van der Waals surface area (Å²) in [5.41, 5.74) is 5.04. The smallest absolute Gasteiger partial charge is 0.329 e. The van der Waals surface area contributed by atoms with Gasteiger partial charge in [-0.15, -0.1) is 0 Å². The number of hydrazine groups is 1. The predicted molar refractivity (Wildman–Crippen MR) is 79.9 cm³/mol. The van der Waals surface area contributed by atoms with E-state index in [0.29, 0.717) is 25.3 Å². The molecule has 0 fully saturated rings. The lowest BCUT2D eigenvalue weighted by Crippen LogP contribution is -2.40. The number of nitrogens with zero attached hydrogens (tertiary/aromatic N) is 1. The van der Waals surface area contributed by atoms with Gasteiger partial charge in [-0.25, -0.2) is 14.6 Å². The standard InChI is InChI=1S/C15H22FN3O3/c1-5-21-14-13(16)9(3)10(8-17-14)12-7-11(18-19(12)4)15(20)22-6-2/h7,11,17-18H,5-6,8H2,1-4H3. The zero-order valence-corrected chi connectivity index (χ0v) is 13.3. The van der Waals surface area contributed by atoms with E-state index in [1.165, 1.54) is 0 Å². The maximum absolute atomic E-state index is 14.3. The van der Waals surface area contributed by atoms with E-state index in [1.54, 1.807) is 38.9 Å². The van der Waals surface area contributed by atoms with Gasteiger partial charge in [-0.3, -0.25) is 0 Å². The van der Waals surface area contributed by atoms with E-state index in [0.717, 1.165) is 11.3 Å². The molecular weight excluding hydrogens is 289 g/mol. The van der Waals surface area contributed by atoms with Gasteiger partial charge in [0.25, 0.3) is 0 Å². The van der Waals surface area contributed by atoms with Crippen molar-refractivity contribution in [3.63, 3.8) is 0 Å². The van der Waals surface area contributed by atoms with Gasteiger partial charge in [0, 0.05) is 19.2 Å². The van der Waals surface area contributed by atoms with Gasteiger partial charge in [-0.2, -0.15) is 0 Å². The van der Waals surface area contributed by atoms with E-state index in [4.69, 9.17) is 9.47 Å². The second-order valence-electron chi connectivity index (χ2n) is 5.00. The van der Waals surface area contributed by atoms with E-state index in [9.17, 15) is 9.18 Å². The van der Waals surface area contributed by atoms with Crippen molar-refractivity contribution >= 4 is 5.97 Å². The fraction of sp³-hybridized carbons (Fsp3) is 0.533. The van der Waals surface area contributed by atoms with Gasteiger partial charge >= 0.3 is 5.97 Å². The lowest BCUT2D eigenvalue weighted by atomic mass is 10.0. The van der Waals surface area contributed by atoms with Gasteiger partial charge in [0.2, 0.25) is 5.88 Å². The summed E-state index contributed by atoms with van der Waals surface area (Å²) in [6.45, 7) is 6.42. The first-order chi connectivity index (χ1) is 10.5. The highest BCUT2D eigenvalue weighted by Crippen LogP contribution is 2.30. The molecule has 0 aliphatic carbocycles. The second-order valence-corrected chi connectivity index (χ2v) is 5.00. The van der Waals surface area contributed by atoms with Crippen molar-refractivity contribution in [2.75, 3.05) is 26.8 Å². The Kier molecular flexibility index (Phi) is 5.07. The molecule has 0 saturated heterocycles. The Morgan fingerprint density at radius 1 is 1.45 bits per heavy atom. The molecule has 22 heavy (non-hydrogen) atoms. The van der Waals surface area contributed by atoms with Crippen molar-refractivity contribution in [2.45, 2.75) is 26.8 Å². The topological polar surface area (TPSA) is 62.8 Å². The highest BCUT2D eigenvalue weighted by Gasteiger charge is 2.31. The number of esters is 1. The van der Waals surface area contributed by atoms with Gasteiger partial charge in [0.15, 0.2) is 5.83 Å². The largest absolute Gasteiger partial charge is 0.477 e. The maximum atomic E-state index is 14.3. The first-order valence-corrected chi connectivity index (χ1v) is 7.34. The van der Waals surface area contributed by atoms with Gasteiger partial charge in [-0.1, -0.05) is 0 Å². The highest BCUT2D eigenvalue weighted by molar-refractivity contribution is 5.79. The van der Waals surface area contributed by atoms with Crippen LogP contribution in [0.25, 0.3) is 0 Å². The van der Waals surface area contributed by atoms with Crippen LogP contribution in [0.15, 0.2) is 34.6 Å². The van der Waals surface area contributed by atoms with Crippen molar-refractivity contribution in [3.05, 3.63) is 34.6 Å². The zero-order valence-electron chi connectivity index (χ0n) is 13.3. The highest BCUT2D eigenvalue weighted by atomic mass is 19.1. The molecular formula is C15H22FN3O3. The molecule has 0 amide bonds. The van der Waals surface area contributed by atoms with Crippen molar-refractivity contribution in [3.8, 4) is 0 Å². The maximum Gasteiger partial charge on any atom is 0.329 e. The molecule has 7 heteroatoms. The number of carbonyl (C=O) groups excluding carboxylic acids is 1. The minimum Gasteiger partial charge on any atom is -0.477 e. The lowest BCUT2D eigenvalue weighted by molar-refractivity contribution is -0.144. The summed E-state index contributed by atoms with van der Waals surface area (Å²) in [5, 5.41) is 4.64. The average Bonchev–Trinajstić information content (AvgIpc) is 2.87. The summed E-state index contributed by atoms with van der Waals surface area (Å²) in [6, 6.07) is -0.555. The van der Waals surface area contributed by atoms with Crippen LogP contribution < -0.4 is 10.7 Å². The van der Waals surface area contributed by atoms with Crippen LogP contribution in [0.2, 0.25) is 0 Å². The first-order valence-electron chi connectivity index (χ1n) is 7.34. The summed E-state index contributed by atoms with van der Waals surface area (Å²) in [4.78, 5) is 11.8. The molecule has 0 bridgehead atoms. The fourth-order valence-corrected chi connectivity index (χ4v) is 2.46. The summed E-state index contributed by atoms with van der Waals surface area (Å²) in [7, 11) is 1.78. The number of hydrogen-bond acceptors (Lipinski definition) is 6. The van der Waals surface area contributed by atoms with Crippen LogP contribution in [0.5, 0.6) is 0 Å². The summed E-state index contributed by atoms with van der Waals surface area (Å²) in [6.07, 6.45) is 1.75. The van der Waals surface area contributed by atoms with Crippen LogP contribution in [0.3, 0.4) is 0 Å². The number of dihydropyridines is 1. The molecule has 0 aromatic heterocycles. The van der Waals surface area contributed by atoms with E-state index < -0.39 is 11.9 Å². The fourth-order valence-electron chi connectivity index (χ4n) is 2.46. The molecule has 122 valence electrons. The molecule has 0 aromatic carbocycles. The van der Waals surface area contributed by atoms with Gasteiger partial charge < -0.3 is 19.8 Å². The van der Waals surface area contributed by atoms with Crippen molar-refractivity contribution in [2.24, 2.45) is 0 Å². The van der Waals surface area contributed by atoms with Gasteiger partial charge in [-0.05, 0) is 32.4 Å². The molecule has 1 atom stereocenters. The number of allylic oxidation sites excluding steroid dienone is 2. The van der Waals surface area contributed by atoms with Crippen LogP contribution in [-0.4, -0.2) is 43.8 Å². The first kappa shape index (κ1) is 16.4. The van der Waals surface area contributed by atoms with Crippen molar-refractivity contribution in [1.82, 2.24) is 15.8 Å². The predicted octanol–water partition coefficient (Wildman–Crippen LogP) is 1.35. The molecule has 2 aliphatic heterocycles. The number of carbonyl (C=O) groups is 1. The molecule has 2 aliphatic rings. The van der Waals surface area contributed by atoms with E-state index in [2.05, 4.69) is 10.7 Å². The molecule has 2 rings (SSSR count). The van der Waals surface area contributed by atoms with Crippen LogP contribution in [-0.2, 0) is 14.3 Å². The number of halogens is 1. The molecule has 2 heterocycles. The molecule has 2 N–H and O–H groups in total. The van der Waals surface area contributed by atoms with Gasteiger partial charge in [0.05, 0.1) is 18.9 Å². The van der Waals surface area contributed by atoms with Crippen LogP contribution >= 0.6 is 0 Å². The number of likely N-dealkylation sites (N-methyl/N-ethyl adjacent to an activating group) is 1. The van der Waals surface area contributed by atoms with Crippen LogP contribution in [0.1, 0.15) is 20.8 Å². The summed E-state index contributed by atoms with van der Waals surface area (Å²) >= 11 is 0. The average molecular weight is 311 g/mol. The lowest BCUT2D eigenvalue weighted by Gasteiger charge is -2.26. The Labute approximate surface area is 129 Å². The van der Waals surface area contributed by atoms with Crippen LogP contribution in [0, 0.1) is 0 Å². The molecule has 0 saturated carbocycles. The zero-order chi connectivity index (χ0) is 16.3. The van der Waals surface area contributed by atoms with Crippen molar-refractivity contribution < 1.29 is 18.7 Å². The third-order valence-electron chi connectivity index (χ3n) is 3.56. The van der Waals surface area contributed by atoms with E-state index in [1.807, 2.05) is 0 Å². The van der Waals surface area contributed by atoms with Crippen molar-refractivity contribution in [1.29, 1.82) is 0 Å². The SMILES string of the molecule is CCOC(=O)C1C=C(C2=C(C)C(F)=C(OCC)NC2)N(C)N1. The Bertz CT molecular complexity index is 554. The number of hydrogen-bond donors (Lipinski definition) is 2. The Balaban J connectivity index is 2.27. The number of nitrogens with one attached hydrogen (secondary N) is 2. The minimum absolute atomic E-state index is 0.167. The molecule has 0 radical (unpaired) electrons. The normalized spacial score (nSPS) is 21.8. The van der Waals surface area contributed by atoms with E-state index in [-0.39, 0.29) is 11.9 Å². The summed E-state index contributed by atoms with van der Waals surface area (Å²) < 4.78 is 24.5. The number of rotatable bonds is 5. The monoisotopic (exact) mass is 311 g/mol. The second kappa shape index (κ2) is 6.83. The molecule has 6 nitrogen and oxygen atoms in total. The Morgan fingerprint density at radius 2 is 2.18 bits per heavy atom. The third-order valence-corrected chi connectivity index (χ3v) is 3.56. The number of ether oxygens (including phenoxy) is 2. The Hall–Kier alpha value is -2.02. The van der Waals surface area contributed by atoms with E-state index >= 15 is 0 Å². The van der Waals surface area contributed by atoms with Gasteiger partial charge in [0.1, 0.15) is 6.04 Å². The minimum atomic E-state index is -0.555. The third kappa shape index (κ3) is 3.09. The molecule has 0 spiro atoms. The summed E-state index contributed by atoms with van der Waals surface area (Å²) in [5.74, 6) is -0.589. The molecule has 0 aromatic rings. The quantitative estimate of drug-likeness (QED) is 0.747. The Morgan fingerprint density at radius 3 is 2.82 bits per heavy atom. The molecule has 1 unspecified atom stereocenters. The van der Waals surface area contributed by atoms with Crippen LogP contribution in [0.4, 0.5) is 4.39 Å².